The maximum atomic E-state index is 5.72. The van der Waals surface area contributed by atoms with Gasteiger partial charge in [0.2, 0.25) is 0 Å². The van der Waals surface area contributed by atoms with Crippen molar-refractivity contribution in [3.63, 3.8) is 0 Å². The van der Waals surface area contributed by atoms with Crippen LogP contribution in [-0.4, -0.2) is 19.5 Å². The molecule has 0 aliphatic carbocycles. The summed E-state index contributed by atoms with van der Waals surface area (Å²) in [7, 11) is 0. The van der Waals surface area contributed by atoms with Crippen molar-refractivity contribution < 1.29 is 9.47 Å². The fraction of sp³-hybridized carbons (Fsp3) is 0.826. The minimum absolute atomic E-state index is 0.0639. The maximum Gasteiger partial charge on any atom is 0.157 e. The Balaban J connectivity index is 1.74. The first kappa shape index (κ1) is 22.4. The van der Waals surface area contributed by atoms with Gasteiger partial charge in [0.25, 0.3) is 0 Å². The van der Waals surface area contributed by atoms with Gasteiger partial charge in [-0.2, -0.15) is 0 Å². The Morgan fingerprint density at radius 3 is 1.96 bits per heavy atom. The molecule has 0 aromatic carbocycles. The fourth-order valence-electron chi connectivity index (χ4n) is 3.14. The van der Waals surface area contributed by atoms with Crippen LogP contribution in [0.1, 0.15) is 103 Å². The topological polar surface area (TPSA) is 18.5 Å². The van der Waals surface area contributed by atoms with Crippen LogP contribution >= 0.6 is 0 Å². The second kappa shape index (κ2) is 18.2. The van der Waals surface area contributed by atoms with Gasteiger partial charge in [0.05, 0.1) is 6.61 Å². The molecule has 0 bridgehead atoms. The Bertz CT molecular complexity index is 316. The summed E-state index contributed by atoms with van der Waals surface area (Å²) in [6.45, 7) is 3.93. The number of hydrogen-bond donors (Lipinski definition) is 0. The van der Waals surface area contributed by atoms with Crippen LogP contribution in [0.2, 0.25) is 0 Å². The van der Waals surface area contributed by atoms with E-state index in [1.165, 1.54) is 83.5 Å². The molecule has 1 saturated heterocycles. The smallest absolute Gasteiger partial charge is 0.157 e. The van der Waals surface area contributed by atoms with E-state index in [1.54, 1.807) is 0 Å². The standard InChI is InChI=1S/C23H42O2/c1-2-3-4-5-6-7-8-9-10-11-12-13-14-15-16-18-21-24-23-20-17-19-22-25-23/h5-6,15-16,23H,2-4,7-14,17-22H2,1H3/b6-5+,16-15+/t23-/m0/s1. The molecule has 146 valence electrons. The summed E-state index contributed by atoms with van der Waals surface area (Å²) in [6.07, 6.45) is 28.6. The molecule has 0 aromatic heterocycles. The SMILES string of the molecule is CCCC/C=C/CCCCCCCC/C=C/CCO[C@@H]1CCCCO1. The van der Waals surface area contributed by atoms with Crippen molar-refractivity contribution in [1.29, 1.82) is 0 Å². The average Bonchev–Trinajstić information content (AvgIpc) is 2.65. The second-order valence-corrected chi connectivity index (χ2v) is 7.24. The molecule has 1 atom stereocenters. The molecule has 0 N–H and O–H groups in total. The van der Waals surface area contributed by atoms with Crippen molar-refractivity contribution in [1.82, 2.24) is 0 Å². The van der Waals surface area contributed by atoms with E-state index in [0.29, 0.717) is 0 Å². The summed E-state index contributed by atoms with van der Waals surface area (Å²) in [6, 6.07) is 0. The molecule has 1 heterocycles. The monoisotopic (exact) mass is 350 g/mol. The highest BCUT2D eigenvalue weighted by molar-refractivity contribution is 4.82. The van der Waals surface area contributed by atoms with Gasteiger partial charge in [-0.1, -0.05) is 69.8 Å². The molecule has 0 saturated carbocycles. The molecule has 2 heteroatoms. The van der Waals surface area contributed by atoms with E-state index in [1.807, 2.05) is 0 Å². The number of allylic oxidation sites excluding steroid dienone is 3. The third kappa shape index (κ3) is 15.4. The second-order valence-electron chi connectivity index (χ2n) is 7.24. The van der Waals surface area contributed by atoms with Crippen LogP contribution < -0.4 is 0 Å². The summed E-state index contributed by atoms with van der Waals surface area (Å²) in [5.41, 5.74) is 0. The normalized spacial score (nSPS) is 18.5. The van der Waals surface area contributed by atoms with Gasteiger partial charge in [0, 0.05) is 6.61 Å². The van der Waals surface area contributed by atoms with Gasteiger partial charge in [-0.15, -0.1) is 0 Å². The molecular weight excluding hydrogens is 308 g/mol. The Labute approximate surface area is 157 Å². The van der Waals surface area contributed by atoms with Gasteiger partial charge in [0.15, 0.2) is 6.29 Å². The van der Waals surface area contributed by atoms with Crippen LogP contribution in [0, 0.1) is 0 Å². The van der Waals surface area contributed by atoms with E-state index in [2.05, 4.69) is 31.2 Å². The van der Waals surface area contributed by atoms with Crippen LogP contribution in [0.4, 0.5) is 0 Å². The fourth-order valence-corrected chi connectivity index (χ4v) is 3.14. The molecular formula is C23H42O2. The van der Waals surface area contributed by atoms with Gasteiger partial charge in [-0.3, -0.25) is 0 Å². The number of ether oxygens (including phenoxy) is 2. The van der Waals surface area contributed by atoms with Crippen LogP contribution in [-0.2, 0) is 9.47 Å². The first-order valence-corrected chi connectivity index (χ1v) is 11.0. The molecule has 0 aromatic rings. The molecule has 1 aliphatic rings. The first-order valence-electron chi connectivity index (χ1n) is 11.0. The largest absolute Gasteiger partial charge is 0.353 e. The van der Waals surface area contributed by atoms with E-state index in [0.717, 1.165) is 26.1 Å². The summed E-state index contributed by atoms with van der Waals surface area (Å²) in [5.74, 6) is 0. The molecule has 0 spiro atoms. The Kier molecular flexibility index (Phi) is 16.3. The highest BCUT2D eigenvalue weighted by Crippen LogP contribution is 2.14. The molecule has 1 rings (SSSR count). The molecule has 25 heavy (non-hydrogen) atoms. The van der Waals surface area contributed by atoms with Gasteiger partial charge < -0.3 is 9.47 Å². The molecule has 0 radical (unpaired) electrons. The molecule has 2 nitrogen and oxygen atoms in total. The molecule has 0 amide bonds. The number of hydrogen-bond acceptors (Lipinski definition) is 2. The van der Waals surface area contributed by atoms with Crippen molar-refractivity contribution in [2.75, 3.05) is 13.2 Å². The predicted molar refractivity (Wildman–Crippen MR) is 109 cm³/mol. The van der Waals surface area contributed by atoms with Gasteiger partial charge in [0.1, 0.15) is 0 Å². The van der Waals surface area contributed by atoms with Crippen LogP contribution in [0.15, 0.2) is 24.3 Å². The Morgan fingerprint density at radius 2 is 1.36 bits per heavy atom. The van der Waals surface area contributed by atoms with E-state index in [9.17, 15) is 0 Å². The zero-order valence-electron chi connectivity index (χ0n) is 16.7. The lowest BCUT2D eigenvalue weighted by molar-refractivity contribution is -0.161. The van der Waals surface area contributed by atoms with E-state index in [-0.39, 0.29) is 6.29 Å². The van der Waals surface area contributed by atoms with E-state index >= 15 is 0 Å². The van der Waals surface area contributed by atoms with Crippen molar-refractivity contribution in [3.8, 4) is 0 Å². The zero-order valence-corrected chi connectivity index (χ0v) is 16.7. The third-order valence-corrected chi connectivity index (χ3v) is 4.78. The minimum Gasteiger partial charge on any atom is -0.353 e. The summed E-state index contributed by atoms with van der Waals surface area (Å²) in [4.78, 5) is 0. The zero-order chi connectivity index (χ0) is 17.8. The van der Waals surface area contributed by atoms with Crippen molar-refractivity contribution in [2.45, 2.75) is 110 Å². The van der Waals surface area contributed by atoms with Crippen molar-refractivity contribution >= 4 is 0 Å². The van der Waals surface area contributed by atoms with Crippen molar-refractivity contribution in [2.24, 2.45) is 0 Å². The van der Waals surface area contributed by atoms with Gasteiger partial charge >= 0.3 is 0 Å². The molecule has 1 aliphatic heterocycles. The first-order chi connectivity index (χ1) is 12.4. The average molecular weight is 351 g/mol. The third-order valence-electron chi connectivity index (χ3n) is 4.78. The highest BCUT2D eigenvalue weighted by Gasteiger charge is 2.12. The summed E-state index contributed by atoms with van der Waals surface area (Å²) < 4.78 is 11.3. The Morgan fingerprint density at radius 1 is 0.760 bits per heavy atom. The van der Waals surface area contributed by atoms with Crippen LogP contribution in [0.25, 0.3) is 0 Å². The minimum atomic E-state index is 0.0639. The van der Waals surface area contributed by atoms with Gasteiger partial charge in [-0.25, -0.2) is 0 Å². The summed E-state index contributed by atoms with van der Waals surface area (Å²) >= 11 is 0. The maximum absolute atomic E-state index is 5.72. The van der Waals surface area contributed by atoms with Crippen LogP contribution in [0.3, 0.4) is 0 Å². The summed E-state index contributed by atoms with van der Waals surface area (Å²) in [5, 5.41) is 0. The molecule has 1 fully saturated rings. The van der Waals surface area contributed by atoms with E-state index < -0.39 is 0 Å². The van der Waals surface area contributed by atoms with Crippen molar-refractivity contribution in [3.05, 3.63) is 24.3 Å². The highest BCUT2D eigenvalue weighted by atomic mass is 16.7. The number of unbranched alkanes of at least 4 members (excludes halogenated alkanes) is 9. The molecule has 0 unspecified atom stereocenters. The van der Waals surface area contributed by atoms with Crippen LogP contribution in [0.5, 0.6) is 0 Å². The quantitative estimate of drug-likeness (QED) is 0.214. The lowest BCUT2D eigenvalue weighted by atomic mass is 10.1. The lowest BCUT2D eigenvalue weighted by Crippen LogP contribution is -2.22. The predicted octanol–water partition coefficient (Wildman–Crippen LogP) is 7.34. The Hall–Kier alpha value is -0.600. The van der Waals surface area contributed by atoms with Gasteiger partial charge in [-0.05, 0) is 57.8 Å². The lowest BCUT2D eigenvalue weighted by Gasteiger charge is -2.22. The number of rotatable bonds is 16. The van der Waals surface area contributed by atoms with E-state index in [4.69, 9.17) is 9.47 Å².